The van der Waals surface area contributed by atoms with Crippen LogP contribution in [0, 0.1) is 11.8 Å². The van der Waals surface area contributed by atoms with Gasteiger partial charge in [-0.3, -0.25) is 0 Å². The third kappa shape index (κ3) is 2.16. The van der Waals surface area contributed by atoms with Gasteiger partial charge in [-0.25, -0.2) is 4.68 Å². The maximum absolute atomic E-state index is 5.45. The Morgan fingerprint density at radius 2 is 2.64 bits per heavy atom. The van der Waals surface area contributed by atoms with E-state index in [-0.39, 0.29) is 0 Å². The Bertz CT molecular complexity index is 282. The summed E-state index contributed by atoms with van der Waals surface area (Å²) in [6.45, 7) is 1.80. The Kier molecular flexibility index (Phi) is 2.81. The van der Waals surface area contributed by atoms with E-state index in [4.69, 9.17) is 5.84 Å². The fourth-order valence-corrected chi connectivity index (χ4v) is 1.15. The molecule has 11 heavy (non-hydrogen) atoms. The summed E-state index contributed by atoms with van der Waals surface area (Å²) in [5.41, 5.74) is 0. The number of thioether (sulfide) groups is 1. The highest BCUT2D eigenvalue weighted by Crippen LogP contribution is 2.10. The van der Waals surface area contributed by atoms with Crippen LogP contribution in [0.15, 0.2) is 11.5 Å². The SMILES string of the molecule is CC#CCSc1nncn1N. The molecule has 0 amide bonds. The van der Waals surface area contributed by atoms with Crippen LogP contribution in [0.3, 0.4) is 0 Å². The lowest BCUT2D eigenvalue weighted by Crippen LogP contribution is -2.07. The number of hydrogen-bond donors (Lipinski definition) is 1. The predicted molar refractivity (Wildman–Crippen MR) is 44.3 cm³/mol. The first-order valence-corrected chi connectivity index (χ1v) is 4.00. The predicted octanol–water partition coefficient (Wildman–Crippen LogP) is 0.107. The van der Waals surface area contributed by atoms with Crippen molar-refractivity contribution in [1.29, 1.82) is 0 Å². The van der Waals surface area contributed by atoms with E-state index in [1.807, 2.05) is 0 Å². The van der Waals surface area contributed by atoms with Gasteiger partial charge < -0.3 is 5.84 Å². The second-order valence-corrected chi connectivity index (χ2v) is 2.68. The molecule has 0 radical (unpaired) electrons. The minimum absolute atomic E-state index is 0.688. The van der Waals surface area contributed by atoms with E-state index < -0.39 is 0 Å². The molecule has 0 saturated carbocycles. The summed E-state index contributed by atoms with van der Waals surface area (Å²) >= 11 is 1.47. The maximum Gasteiger partial charge on any atom is 0.210 e. The number of nitrogens with zero attached hydrogens (tertiary/aromatic N) is 3. The van der Waals surface area contributed by atoms with Gasteiger partial charge in [0, 0.05) is 0 Å². The maximum atomic E-state index is 5.45. The van der Waals surface area contributed by atoms with Crippen LogP contribution in [0.25, 0.3) is 0 Å². The van der Waals surface area contributed by atoms with Crippen LogP contribution >= 0.6 is 11.8 Å². The summed E-state index contributed by atoms with van der Waals surface area (Å²) in [6.07, 6.45) is 1.46. The lowest BCUT2D eigenvalue weighted by Gasteiger charge is -1.93. The number of nitrogen functional groups attached to an aromatic ring is 1. The highest BCUT2D eigenvalue weighted by atomic mass is 32.2. The topological polar surface area (TPSA) is 56.7 Å². The molecule has 4 nitrogen and oxygen atoms in total. The van der Waals surface area contributed by atoms with E-state index in [2.05, 4.69) is 22.0 Å². The summed E-state index contributed by atoms with van der Waals surface area (Å²) in [5, 5.41) is 8.08. The van der Waals surface area contributed by atoms with Crippen molar-refractivity contribution in [2.75, 3.05) is 11.6 Å². The molecule has 1 heterocycles. The third-order valence-electron chi connectivity index (χ3n) is 0.990. The van der Waals surface area contributed by atoms with Crippen LogP contribution in [0.5, 0.6) is 0 Å². The molecule has 0 aliphatic heterocycles. The van der Waals surface area contributed by atoms with E-state index in [0.29, 0.717) is 10.9 Å². The molecular formula is C6H8N4S. The molecule has 0 fully saturated rings. The Balaban J connectivity index is 2.48. The standard InChI is InChI=1S/C6H8N4S/c1-2-3-4-11-6-9-8-5-10(6)7/h5H,4,7H2,1H3. The largest absolute Gasteiger partial charge is 0.336 e. The molecule has 5 heteroatoms. The van der Waals surface area contributed by atoms with Gasteiger partial charge in [-0.2, -0.15) is 0 Å². The highest BCUT2D eigenvalue weighted by molar-refractivity contribution is 7.99. The van der Waals surface area contributed by atoms with E-state index in [1.54, 1.807) is 6.92 Å². The molecule has 58 valence electrons. The van der Waals surface area contributed by atoms with Gasteiger partial charge >= 0.3 is 0 Å². The van der Waals surface area contributed by atoms with Gasteiger partial charge in [-0.05, 0) is 6.92 Å². The second-order valence-electron chi connectivity index (χ2n) is 1.74. The summed E-state index contributed by atoms with van der Waals surface area (Å²) in [5.74, 6) is 11.8. The first-order chi connectivity index (χ1) is 5.34. The van der Waals surface area contributed by atoms with E-state index in [9.17, 15) is 0 Å². The molecular weight excluding hydrogens is 160 g/mol. The van der Waals surface area contributed by atoms with Crippen molar-refractivity contribution in [1.82, 2.24) is 14.9 Å². The molecule has 0 atom stereocenters. The van der Waals surface area contributed by atoms with Gasteiger partial charge in [0.25, 0.3) is 0 Å². The molecule has 0 aliphatic rings. The smallest absolute Gasteiger partial charge is 0.210 e. The van der Waals surface area contributed by atoms with Crippen LogP contribution in [0.1, 0.15) is 6.92 Å². The average Bonchev–Trinajstić information content (AvgIpc) is 2.37. The fourth-order valence-electron chi connectivity index (χ4n) is 0.508. The zero-order valence-corrected chi connectivity index (χ0v) is 6.93. The van der Waals surface area contributed by atoms with Crippen molar-refractivity contribution < 1.29 is 0 Å². The van der Waals surface area contributed by atoms with E-state index in [0.717, 1.165) is 0 Å². The van der Waals surface area contributed by atoms with Crippen molar-refractivity contribution in [3.05, 3.63) is 6.33 Å². The van der Waals surface area contributed by atoms with Crippen LogP contribution in [0.2, 0.25) is 0 Å². The third-order valence-corrected chi connectivity index (χ3v) is 1.83. The zero-order chi connectivity index (χ0) is 8.10. The second kappa shape index (κ2) is 3.88. The molecule has 1 rings (SSSR count). The van der Waals surface area contributed by atoms with Crippen molar-refractivity contribution in [2.45, 2.75) is 12.1 Å². The molecule has 0 aromatic carbocycles. The minimum Gasteiger partial charge on any atom is -0.336 e. The molecule has 2 N–H and O–H groups in total. The van der Waals surface area contributed by atoms with E-state index in [1.165, 1.54) is 22.8 Å². The summed E-state index contributed by atoms with van der Waals surface area (Å²) in [6, 6.07) is 0. The fraction of sp³-hybridized carbons (Fsp3) is 0.333. The van der Waals surface area contributed by atoms with Gasteiger partial charge in [-0.1, -0.05) is 17.7 Å². The van der Waals surface area contributed by atoms with Crippen LogP contribution in [-0.2, 0) is 0 Å². The lowest BCUT2D eigenvalue weighted by molar-refractivity contribution is 0.847. The molecule has 0 unspecified atom stereocenters. The quantitative estimate of drug-likeness (QED) is 0.387. The lowest BCUT2D eigenvalue weighted by atomic mass is 10.7. The average molecular weight is 168 g/mol. The van der Waals surface area contributed by atoms with Gasteiger partial charge in [-0.15, -0.1) is 16.1 Å². The first kappa shape index (κ1) is 7.95. The summed E-state index contributed by atoms with van der Waals surface area (Å²) in [7, 11) is 0. The van der Waals surface area contributed by atoms with Crippen molar-refractivity contribution in [3.8, 4) is 11.8 Å². The van der Waals surface area contributed by atoms with Crippen LogP contribution in [-0.4, -0.2) is 20.6 Å². The van der Waals surface area contributed by atoms with Crippen LogP contribution in [0.4, 0.5) is 0 Å². The number of hydrogen-bond acceptors (Lipinski definition) is 4. The van der Waals surface area contributed by atoms with Crippen molar-refractivity contribution in [3.63, 3.8) is 0 Å². The summed E-state index contributed by atoms with van der Waals surface area (Å²) in [4.78, 5) is 0. The molecule has 1 aromatic heterocycles. The number of aromatic nitrogens is 3. The van der Waals surface area contributed by atoms with Crippen molar-refractivity contribution in [2.24, 2.45) is 0 Å². The Labute approximate surface area is 69.2 Å². The molecule has 0 aliphatic carbocycles. The van der Waals surface area contributed by atoms with Crippen molar-refractivity contribution >= 4 is 11.8 Å². The normalized spacial score (nSPS) is 8.82. The monoisotopic (exact) mass is 168 g/mol. The highest BCUT2D eigenvalue weighted by Gasteiger charge is 1.98. The Morgan fingerprint density at radius 1 is 1.82 bits per heavy atom. The van der Waals surface area contributed by atoms with Gasteiger partial charge in [0.1, 0.15) is 6.33 Å². The Morgan fingerprint density at radius 3 is 3.18 bits per heavy atom. The van der Waals surface area contributed by atoms with Gasteiger partial charge in [0.2, 0.25) is 5.16 Å². The minimum atomic E-state index is 0.688. The van der Waals surface area contributed by atoms with Crippen LogP contribution < -0.4 is 5.84 Å². The van der Waals surface area contributed by atoms with E-state index >= 15 is 0 Å². The molecule has 0 spiro atoms. The number of rotatable bonds is 2. The van der Waals surface area contributed by atoms with Gasteiger partial charge in [0.15, 0.2) is 0 Å². The van der Waals surface area contributed by atoms with Gasteiger partial charge in [0.05, 0.1) is 5.75 Å². The molecule has 0 bridgehead atoms. The Hall–Kier alpha value is -1.15. The number of nitrogens with two attached hydrogens (primary N) is 1. The molecule has 0 saturated heterocycles. The molecule has 1 aromatic rings. The summed E-state index contributed by atoms with van der Waals surface area (Å²) < 4.78 is 1.38. The zero-order valence-electron chi connectivity index (χ0n) is 6.11. The first-order valence-electron chi connectivity index (χ1n) is 3.02.